The smallest absolute Gasteiger partial charge is 0.228 e. The van der Waals surface area contributed by atoms with Crippen molar-refractivity contribution in [2.75, 3.05) is 31.6 Å². The van der Waals surface area contributed by atoms with E-state index in [0.717, 1.165) is 37.4 Å². The number of benzene rings is 1. The lowest BCUT2D eigenvalue weighted by molar-refractivity contribution is -0.136. The number of nitrogens with zero attached hydrogens (tertiary/aromatic N) is 2. The van der Waals surface area contributed by atoms with Crippen molar-refractivity contribution < 1.29 is 14.3 Å². The lowest BCUT2D eigenvalue weighted by atomic mass is 10.0. The molecule has 1 unspecified atom stereocenters. The summed E-state index contributed by atoms with van der Waals surface area (Å²) in [6.45, 7) is 2.17. The second-order valence-corrected chi connectivity index (χ2v) is 5.99. The first-order valence-corrected chi connectivity index (χ1v) is 7.92. The summed E-state index contributed by atoms with van der Waals surface area (Å²) in [7, 11) is 1.61. The highest BCUT2D eigenvalue weighted by molar-refractivity contribution is 6.00. The van der Waals surface area contributed by atoms with Gasteiger partial charge in [-0.3, -0.25) is 9.59 Å². The van der Waals surface area contributed by atoms with Gasteiger partial charge in [0.05, 0.1) is 13.0 Å². The van der Waals surface area contributed by atoms with E-state index in [2.05, 4.69) is 0 Å². The zero-order valence-electron chi connectivity index (χ0n) is 13.0. The molecule has 118 valence electrons. The van der Waals surface area contributed by atoms with E-state index in [1.165, 1.54) is 6.42 Å². The van der Waals surface area contributed by atoms with Crippen LogP contribution in [0.4, 0.5) is 5.69 Å². The van der Waals surface area contributed by atoms with Gasteiger partial charge in [0, 0.05) is 31.7 Å². The van der Waals surface area contributed by atoms with Crippen LogP contribution in [0.15, 0.2) is 24.3 Å². The first-order chi connectivity index (χ1) is 10.7. The summed E-state index contributed by atoms with van der Waals surface area (Å²) in [6, 6.07) is 7.40. The number of methoxy groups -OCH3 is 1. The number of ether oxygens (including phenoxy) is 1. The maximum Gasteiger partial charge on any atom is 0.228 e. The van der Waals surface area contributed by atoms with Crippen LogP contribution < -0.4 is 9.64 Å². The summed E-state index contributed by atoms with van der Waals surface area (Å²) < 4.78 is 5.13. The molecule has 0 spiro atoms. The molecule has 2 heterocycles. The molecule has 2 saturated heterocycles. The molecule has 1 aromatic rings. The minimum Gasteiger partial charge on any atom is -0.497 e. The van der Waals surface area contributed by atoms with Crippen LogP contribution in [0.3, 0.4) is 0 Å². The van der Waals surface area contributed by atoms with Crippen LogP contribution in [0.5, 0.6) is 5.75 Å². The summed E-state index contributed by atoms with van der Waals surface area (Å²) >= 11 is 0. The Morgan fingerprint density at radius 2 is 1.82 bits per heavy atom. The number of anilines is 1. The van der Waals surface area contributed by atoms with Gasteiger partial charge in [-0.05, 0) is 43.5 Å². The second kappa shape index (κ2) is 6.38. The molecule has 0 radical (unpaired) electrons. The van der Waals surface area contributed by atoms with Gasteiger partial charge in [0.15, 0.2) is 0 Å². The van der Waals surface area contributed by atoms with E-state index < -0.39 is 0 Å². The van der Waals surface area contributed by atoms with Gasteiger partial charge in [0.1, 0.15) is 5.75 Å². The number of piperidine rings is 1. The highest BCUT2D eigenvalue weighted by Crippen LogP contribution is 2.28. The Balaban J connectivity index is 1.68. The summed E-state index contributed by atoms with van der Waals surface area (Å²) in [6.07, 6.45) is 3.68. The van der Waals surface area contributed by atoms with Crippen molar-refractivity contribution in [1.29, 1.82) is 0 Å². The van der Waals surface area contributed by atoms with Gasteiger partial charge >= 0.3 is 0 Å². The van der Waals surface area contributed by atoms with E-state index in [0.29, 0.717) is 13.0 Å². The molecule has 0 bridgehead atoms. The predicted octanol–water partition coefficient (Wildman–Crippen LogP) is 2.06. The Labute approximate surface area is 130 Å². The summed E-state index contributed by atoms with van der Waals surface area (Å²) in [4.78, 5) is 28.4. The standard InChI is InChI=1S/C17H22N2O3/c1-22-15-7-5-14(6-8-15)19-12-13(11-16(19)20)17(21)18-9-3-2-4-10-18/h5-8,13H,2-4,9-12H2,1H3. The van der Waals surface area contributed by atoms with E-state index in [-0.39, 0.29) is 17.7 Å². The molecular weight excluding hydrogens is 280 g/mol. The van der Waals surface area contributed by atoms with Crippen molar-refractivity contribution in [3.05, 3.63) is 24.3 Å². The number of hydrogen-bond donors (Lipinski definition) is 0. The average molecular weight is 302 g/mol. The van der Waals surface area contributed by atoms with Crippen molar-refractivity contribution in [3.63, 3.8) is 0 Å². The fourth-order valence-corrected chi connectivity index (χ4v) is 3.26. The largest absolute Gasteiger partial charge is 0.497 e. The van der Waals surface area contributed by atoms with Crippen molar-refractivity contribution in [2.24, 2.45) is 5.92 Å². The second-order valence-electron chi connectivity index (χ2n) is 5.99. The monoisotopic (exact) mass is 302 g/mol. The molecule has 0 saturated carbocycles. The Morgan fingerprint density at radius 1 is 1.14 bits per heavy atom. The highest BCUT2D eigenvalue weighted by Gasteiger charge is 2.37. The molecule has 22 heavy (non-hydrogen) atoms. The minimum atomic E-state index is -0.201. The van der Waals surface area contributed by atoms with Crippen molar-refractivity contribution in [3.8, 4) is 5.75 Å². The van der Waals surface area contributed by atoms with E-state index in [1.807, 2.05) is 29.2 Å². The molecule has 3 rings (SSSR count). The molecular formula is C17H22N2O3. The predicted molar refractivity (Wildman–Crippen MR) is 83.9 cm³/mol. The van der Waals surface area contributed by atoms with Gasteiger partial charge in [-0.25, -0.2) is 0 Å². The number of hydrogen-bond acceptors (Lipinski definition) is 3. The van der Waals surface area contributed by atoms with Crippen molar-refractivity contribution >= 4 is 17.5 Å². The van der Waals surface area contributed by atoms with Gasteiger partial charge in [-0.15, -0.1) is 0 Å². The van der Waals surface area contributed by atoms with Crippen LogP contribution in [0.1, 0.15) is 25.7 Å². The fraction of sp³-hybridized carbons (Fsp3) is 0.529. The summed E-state index contributed by atoms with van der Waals surface area (Å²) in [5.41, 5.74) is 0.833. The van der Waals surface area contributed by atoms with E-state index in [4.69, 9.17) is 4.74 Å². The van der Waals surface area contributed by atoms with Crippen molar-refractivity contribution in [2.45, 2.75) is 25.7 Å². The SMILES string of the molecule is COc1ccc(N2CC(C(=O)N3CCCCC3)CC2=O)cc1. The van der Waals surface area contributed by atoms with Crippen LogP contribution in [0.2, 0.25) is 0 Å². The first-order valence-electron chi connectivity index (χ1n) is 7.92. The van der Waals surface area contributed by atoms with Crippen LogP contribution in [0, 0.1) is 5.92 Å². The van der Waals surface area contributed by atoms with Crippen molar-refractivity contribution in [1.82, 2.24) is 4.90 Å². The normalized spacial score (nSPS) is 22.0. The molecule has 2 aliphatic rings. The van der Waals surface area contributed by atoms with E-state index >= 15 is 0 Å². The Morgan fingerprint density at radius 3 is 2.45 bits per heavy atom. The van der Waals surface area contributed by atoms with E-state index in [1.54, 1.807) is 12.0 Å². The number of rotatable bonds is 3. The van der Waals surface area contributed by atoms with Gasteiger partial charge < -0.3 is 14.5 Å². The molecule has 0 aliphatic carbocycles. The topological polar surface area (TPSA) is 49.9 Å². The quantitative estimate of drug-likeness (QED) is 0.859. The number of amides is 2. The fourth-order valence-electron chi connectivity index (χ4n) is 3.26. The Kier molecular flexibility index (Phi) is 4.32. The number of carbonyl (C=O) groups is 2. The zero-order chi connectivity index (χ0) is 15.5. The molecule has 2 aliphatic heterocycles. The molecule has 1 aromatic carbocycles. The molecule has 0 N–H and O–H groups in total. The van der Waals surface area contributed by atoms with Gasteiger partial charge in [-0.2, -0.15) is 0 Å². The third kappa shape index (κ3) is 2.93. The maximum atomic E-state index is 12.6. The van der Waals surface area contributed by atoms with Gasteiger partial charge in [0.25, 0.3) is 0 Å². The van der Waals surface area contributed by atoms with Gasteiger partial charge in [-0.1, -0.05) is 0 Å². The lowest BCUT2D eigenvalue weighted by Crippen LogP contribution is -2.40. The third-order valence-corrected chi connectivity index (χ3v) is 4.53. The first kappa shape index (κ1) is 14.9. The highest BCUT2D eigenvalue weighted by atomic mass is 16.5. The van der Waals surface area contributed by atoms with Crippen LogP contribution >= 0.6 is 0 Å². The van der Waals surface area contributed by atoms with E-state index in [9.17, 15) is 9.59 Å². The lowest BCUT2D eigenvalue weighted by Gasteiger charge is -2.29. The van der Waals surface area contributed by atoms with Crippen LogP contribution in [-0.4, -0.2) is 43.5 Å². The molecule has 1 atom stereocenters. The molecule has 2 amide bonds. The summed E-state index contributed by atoms with van der Waals surface area (Å²) in [5.74, 6) is 0.730. The molecule has 0 aromatic heterocycles. The molecule has 5 heteroatoms. The minimum absolute atomic E-state index is 0.0283. The number of likely N-dealkylation sites (tertiary alicyclic amines) is 1. The van der Waals surface area contributed by atoms with Gasteiger partial charge in [0.2, 0.25) is 11.8 Å². The summed E-state index contributed by atoms with van der Waals surface area (Å²) in [5, 5.41) is 0. The Bertz CT molecular complexity index is 550. The molecule has 5 nitrogen and oxygen atoms in total. The Hall–Kier alpha value is -2.04. The molecule has 2 fully saturated rings. The maximum absolute atomic E-state index is 12.6. The zero-order valence-corrected chi connectivity index (χ0v) is 13.0. The van der Waals surface area contributed by atoms with Crippen LogP contribution in [0.25, 0.3) is 0 Å². The number of carbonyl (C=O) groups excluding carboxylic acids is 2. The third-order valence-electron chi connectivity index (χ3n) is 4.53. The van der Waals surface area contributed by atoms with Crippen LogP contribution in [-0.2, 0) is 9.59 Å². The average Bonchev–Trinajstić information content (AvgIpc) is 2.97.